The van der Waals surface area contributed by atoms with Crippen molar-refractivity contribution >= 4 is 5.69 Å². The molecule has 0 saturated carbocycles. The van der Waals surface area contributed by atoms with Gasteiger partial charge in [0.15, 0.2) is 0 Å². The first-order valence-electron chi connectivity index (χ1n) is 7.87. The Labute approximate surface area is 138 Å². The lowest BCUT2D eigenvalue weighted by Gasteiger charge is -2.19. The summed E-state index contributed by atoms with van der Waals surface area (Å²) in [5.41, 5.74) is 3.64. The van der Waals surface area contributed by atoms with E-state index in [1.54, 1.807) is 0 Å². The molecule has 2 nitrogen and oxygen atoms in total. The SMILES string of the molecule is CN(CCOc1ccc(-c2ccccc2)cc1)c1ccccc1. The third kappa shape index (κ3) is 4.13. The van der Waals surface area contributed by atoms with Crippen LogP contribution in [0.4, 0.5) is 5.69 Å². The molecule has 0 unspecified atom stereocenters. The van der Waals surface area contributed by atoms with Crippen LogP contribution >= 0.6 is 0 Å². The van der Waals surface area contributed by atoms with Crippen molar-refractivity contribution in [2.45, 2.75) is 0 Å². The maximum atomic E-state index is 5.85. The molecule has 3 aromatic carbocycles. The molecule has 0 aromatic heterocycles. The summed E-state index contributed by atoms with van der Waals surface area (Å²) in [5, 5.41) is 0. The summed E-state index contributed by atoms with van der Waals surface area (Å²) >= 11 is 0. The van der Waals surface area contributed by atoms with E-state index < -0.39 is 0 Å². The van der Waals surface area contributed by atoms with Crippen molar-refractivity contribution in [2.75, 3.05) is 25.1 Å². The van der Waals surface area contributed by atoms with E-state index in [1.807, 2.05) is 24.3 Å². The number of benzene rings is 3. The zero-order valence-corrected chi connectivity index (χ0v) is 13.4. The molecular formula is C21H21NO. The molecule has 116 valence electrons. The summed E-state index contributed by atoms with van der Waals surface area (Å²) in [4.78, 5) is 2.19. The number of hydrogen-bond acceptors (Lipinski definition) is 2. The number of ether oxygens (including phenoxy) is 1. The van der Waals surface area contributed by atoms with Gasteiger partial charge in [-0.2, -0.15) is 0 Å². The minimum atomic E-state index is 0.663. The second kappa shape index (κ2) is 7.50. The van der Waals surface area contributed by atoms with Crippen molar-refractivity contribution in [3.63, 3.8) is 0 Å². The topological polar surface area (TPSA) is 12.5 Å². The van der Waals surface area contributed by atoms with E-state index in [4.69, 9.17) is 4.74 Å². The van der Waals surface area contributed by atoms with Crippen LogP contribution in [-0.4, -0.2) is 20.2 Å². The highest BCUT2D eigenvalue weighted by molar-refractivity contribution is 5.63. The smallest absolute Gasteiger partial charge is 0.119 e. The first-order valence-corrected chi connectivity index (χ1v) is 7.87. The first kappa shape index (κ1) is 15.2. The number of anilines is 1. The molecule has 0 atom stereocenters. The third-order valence-corrected chi connectivity index (χ3v) is 3.85. The van der Waals surface area contributed by atoms with Crippen molar-refractivity contribution < 1.29 is 4.74 Å². The molecule has 2 heteroatoms. The van der Waals surface area contributed by atoms with E-state index in [0.29, 0.717) is 6.61 Å². The van der Waals surface area contributed by atoms with Gasteiger partial charge in [0, 0.05) is 12.7 Å². The van der Waals surface area contributed by atoms with Gasteiger partial charge in [-0.25, -0.2) is 0 Å². The Kier molecular flexibility index (Phi) is 4.95. The predicted molar refractivity (Wildman–Crippen MR) is 97.1 cm³/mol. The second-order valence-electron chi connectivity index (χ2n) is 5.50. The molecule has 0 aliphatic rings. The Morgan fingerprint density at radius 2 is 1.26 bits per heavy atom. The van der Waals surface area contributed by atoms with Crippen molar-refractivity contribution in [2.24, 2.45) is 0 Å². The molecule has 0 heterocycles. The van der Waals surface area contributed by atoms with Crippen LogP contribution in [0.15, 0.2) is 84.9 Å². The second-order valence-corrected chi connectivity index (χ2v) is 5.50. The van der Waals surface area contributed by atoms with Gasteiger partial charge in [-0.15, -0.1) is 0 Å². The van der Waals surface area contributed by atoms with Gasteiger partial charge in [-0.1, -0.05) is 60.7 Å². The van der Waals surface area contributed by atoms with E-state index in [-0.39, 0.29) is 0 Å². The van der Waals surface area contributed by atoms with Crippen LogP contribution in [0.25, 0.3) is 11.1 Å². The highest BCUT2D eigenvalue weighted by Crippen LogP contribution is 2.22. The Balaban J connectivity index is 1.53. The molecule has 0 aliphatic carbocycles. The minimum Gasteiger partial charge on any atom is -0.492 e. The molecule has 0 saturated heterocycles. The number of para-hydroxylation sites is 1. The van der Waals surface area contributed by atoms with E-state index >= 15 is 0 Å². The summed E-state index contributed by atoms with van der Waals surface area (Å²) in [7, 11) is 2.08. The number of likely N-dealkylation sites (N-methyl/N-ethyl adjacent to an activating group) is 1. The Morgan fingerprint density at radius 1 is 0.696 bits per heavy atom. The van der Waals surface area contributed by atoms with Crippen LogP contribution in [0.5, 0.6) is 5.75 Å². The summed E-state index contributed by atoms with van der Waals surface area (Å²) in [5.74, 6) is 0.908. The van der Waals surface area contributed by atoms with Gasteiger partial charge >= 0.3 is 0 Å². The van der Waals surface area contributed by atoms with Gasteiger partial charge in [0.2, 0.25) is 0 Å². The molecule has 0 spiro atoms. The summed E-state index contributed by atoms with van der Waals surface area (Å²) in [6, 6.07) is 29.0. The molecule has 3 rings (SSSR count). The van der Waals surface area contributed by atoms with E-state index in [2.05, 4.69) is 72.6 Å². The van der Waals surface area contributed by atoms with Crippen molar-refractivity contribution in [1.29, 1.82) is 0 Å². The van der Waals surface area contributed by atoms with Gasteiger partial charge in [-0.3, -0.25) is 0 Å². The Hall–Kier alpha value is -2.74. The Bertz CT molecular complexity index is 708. The third-order valence-electron chi connectivity index (χ3n) is 3.85. The number of rotatable bonds is 6. The summed E-state index contributed by atoms with van der Waals surface area (Å²) < 4.78 is 5.85. The van der Waals surface area contributed by atoms with Crippen molar-refractivity contribution in [1.82, 2.24) is 0 Å². The lowest BCUT2D eigenvalue weighted by molar-refractivity contribution is 0.326. The largest absolute Gasteiger partial charge is 0.492 e. The van der Waals surface area contributed by atoms with Crippen LogP contribution < -0.4 is 9.64 Å². The summed E-state index contributed by atoms with van der Waals surface area (Å²) in [6.45, 7) is 1.51. The molecule has 3 aromatic rings. The van der Waals surface area contributed by atoms with Gasteiger partial charge in [0.1, 0.15) is 12.4 Å². The van der Waals surface area contributed by atoms with Gasteiger partial charge < -0.3 is 9.64 Å². The van der Waals surface area contributed by atoms with Gasteiger partial charge in [0.05, 0.1) is 6.54 Å². The normalized spacial score (nSPS) is 10.3. The van der Waals surface area contributed by atoms with Crippen LogP contribution in [0, 0.1) is 0 Å². The fourth-order valence-corrected chi connectivity index (χ4v) is 2.49. The van der Waals surface area contributed by atoms with Crippen LogP contribution in [0.3, 0.4) is 0 Å². The zero-order chi connectivity index (χ0) is 15.9. The monoisotopic (exact) mass is 303 g/mol. The Morgan fingerprint density at radius 3 is 1.91 bits per heavy atom. The minimum absolute atomic E-state index is 0.663. The van der Waals surface area contributed by atoms with Crippen LogP contribution in [0.2, 0.25) is 0 Å². The van der Waals surface area contributed by atoms with Crippen molar-refractivity contribution in [3.8, 4) is 16.9 Å². The lowest BCUT2D eigenvalue weighted by Crippen LogP contribution is -2.23. The van der Waals surface area contributed by atoms with E-state index in [0.717, 1.165) is 12.3 Å². The molecular weight excluding hydrogens is 282 g/mol. The van der Waals surface area contributed by atoms with E-state index in [1.165, 1.54) is 16.8 Å². The van der Waals surface area contributed by atoms with Gasteiger partial charge in [0.25, 0.3) is 0 Å². The first-order chi connectivity index (χ1) is 11.3. The maximum absolute atomic E-state index is 5.85. The van der Waals surface area contributed by atoms with Crippen LogP contribution in [-0.2, 0) is 0 Å². The zero-order valence-electron chi connectivity index (χ0n) is 13.4. The van der Waals surface area contributed by atoms with Gasteiger partial charge in [-0.05, 0) is 35.4 Å². The molecule has 0 N–H and O–H groups in total. The molecule has 0 fully saturated rings. The fourth-order valence-electron chi connectivity index (χ4n) is 2.49. The quantitative estimate of drug-likeness (QED) is 0.644. The van der Waals surface area contributed by atoms with Crippen molar-refractivity contribution in [3.05, 3.63) is 84.9 Å². The predicted octanol–water partition coefficient (Wildman–Crippen LogP) is 4.87. The molecule has 0 amide bonds. The standard InChI is InChI=1S/C21H21NO/c1-22(20-10-6-3-7-11-20)16-17-23-21-14-12-19(13-15-21)18-8-4-2-5-9-18/h2-15H,16-17H2,1H3. The average molecular weight is 303 g/mol. The number of nitrogens with zero attached hydrogens (tertiary/aromatic N) is 1. The highest BCUT2D eigenvalue weighted by Gasteiger charge is 2.01. The fraction of sp³-hybridized carbons (Fsp3) is 0.143. The maximum Gasteiger partial charge on any atom is 0.119 e. The molecule has 0 aliphatic heterocycles. The average Bonchev–Trinajstić information content (AvgIpc) is 2.64. The summed E-state index contributed by atoms with van der Waals surface area (Å²) in [6.07, 6.45) is 0. The molecule has 0 radical (unpaired) electrons. The highest BCUT2D eigenvalue weighted by atomic mass is 16.5. The number of hydrogen-bond donors (Lipinski definition) is 0. The lowest BCUT2D eigenvalue weighted by atomic mass is 10.1. The van der Waals surface area contributed by atoms with Crippen LogP contribution in [0.1, 0.15) is 0 Å². The van der Waals surface area contributed by atoms with E-state index in [9.17, 15) is 0 Å². The molecule has 23 heavy (non-hydrogen) atoms. The molecule has 0 bridgehead atoms.